The lowest BCUT2D eigenvalue weighted by Gasteiger charge is -2.22. The van der Waals surface area contributed by atoms with Gasteiger partial charge in [0.15, 0.2) is 6.61 Å². The van der Waals surface area contributed by atoms with E-state index in [9.17, 15) is 19.6 Å². The van der Waals surface area contributed by atoms with Crippen LogP contribution >= 0.6 is 0 Å². The van der Waals surface area contributed by atoms with Crippen LogP contribution in [0.5, 0.6) is 5.75 Å². The first-order valence-corrected chi connectivity index (χ1v) is 9.29. The molecule has 0 radical (unpaired) electrons. The quantitative estimate of drug-likeness (QED) is 0.481. The van der Waals surface area contributed by atoms with Crippen molar-refractivity contribution in [3.8, 4) is 11.8 Å². The van der Waals surface area contributed by atoms with Crippen molar-refractivity contribution in [1.29, 1.82) is 5.26 Å². The fourth-order valence-electron chi connectivity index (χ4n) is 2.68. The van der Waals surface area contributed by atoms with E-state index < -0.39 is 36.0 Å². The summed E-state index contributed by atoms with van der Waals surface area (Å²) in [7, 11) is 1.57. The summed E-state index contributed by atoms with van der Waals surface area (Å²) in [4.78, 5) is 35.9. The van der Waals surface area contributed by atoms with E-state index in [0.29, 0.717) is 5.75 Å². The molecule has 0 aromatic heterocycles. The zero-order chi connectivity index (χ0) is 21.4. The summed E-state index contributed by atoms with van der Waals surface area (Å²) < 4.78 is 9.99. The first kappa shape index (κ1) is 22.0. The van der Waals surface area contributed by atoms with E-state index >= 15 is 0 Å². The standard InChI is InChI=1S/C21H25N3O5/c1-14(23-18(25)11-6-15-4-9-17(28-3)10-5-15)20(27)29-12-19(26)24-21(2,13-22)16-7-8-16/h4-6,9-11,14,16H,7-8,12H2,1-3H3,(H,23,25)(H,24,26)/b11-6+/t14-,21-/m0/s1. The second kappa shape index (κ2) is 9.73. The molecule has 0 heterocycles. The van der Waals surface area contributed by atoms with Crippen molar-refractivity contribution in [2.45, 2.75) is 38.3 Å². The number of esters is 1. The number of carbonyl (C=O) groups excluding carboxylic acids is 3. The van der Waals surface area contributed by atoms with E-state index in [1.54, 1.807) is 44.4 Å². The summed E-state index contributed by atoms with van der Waals surface area (Å²) >= 11 is 0. The third-order valence-electron chi connectivity index (χ3n) is 4.63. The number of carbonyl (C=O) groups is 3. The minimum atomic E-state index is -0.949. The number of rotatable bonds is 9. The molecule has 0 spiro atoms. The Bertz CT molecular complexity index is 824. The molecule has 2 amide bonds. The average molecular weight is 399 g/mol. The molecule has 0 bridgehead atoms. The number of ether oxygens (including phenoxy) is 2. The monoisotopic (exact) mass is 399 g/mol. The Hall–Kier alpha value is -3.34. The molecule has 1 aliphatic rings. The highest BCUT2D eigenvalue weighted by Crippen LogP contribution is 2.39. The van der Waals surface area contributed by atoms with Crippen molar-refractivity contribution in [3.63, 3.8) is 0 Å². The van der Waals surface area contributed by atoms with Crippen LogP contribution in [0.2, 0.25) is 0 Å². The second-order valence-corrected chi connectivity index (χ2v) is 7.08. The molecule has 2 N–H and O–H groups in total. The molecule has 8 nitrogen and oxygen atoms in total. The van der Waals surface area contributed by atoms with Crippen LogP contribution in [-0.4, -0.2) is 43.1 Å². The highest BCUT2D eigenvalue weighted by atomic mass is 16.5. The Morgan fingerprint density at radius 3 is 2.52 bits per heavy atom. The first-order chi connectivity index (χ1) is 13.8. The van der Waals surface area contributed by atoms with Gasteiger partial charge in [-0.2, -0.15) is 5.26 Å². The average Bonchev–Trinajstić information content (AvgIpc) is 3.56. The van der Waals surface area contributed by atoms with Gasteiger partial charge < -0.3 is 20.1 Å². The molecule has 154 valence electrons. The summed E-state index contributed by atoms with van der Waals surface area (Å²) in [6, 6.07) is 8.28. The van der Waals surface area contributed by atoms with Crippen LogP contribution in [0.4, 0.5) is 0 Å². The van der Waals surface area contributed by atoms with Gasteiger partial charge in [0.2, 0.25) is 5.91 Å². The number of amides is 2. The van der Waals surface area contributed by atoms with E-state index in [-0.39, 0.29) is 5.92 Å². The maximum atomic E-state index is 12.0. The van der Waals surface area contributed by atoms with Crippen LogP contribution < -0.4 is 15.4 Å². The molecule has 1 aliphatic carbocycles. The molecule has 1 saturated carbocycles. The Labute approximate surface area is 169 Å². The van der Waals surface area contributed by atoms with Gasteiger partial charge in [-0.1, -0.05) is 12.1 Å². The predicted molar refractivity (Wildman–Crippen MR) is 105 cm³/mol. The Balaban J connectivity index is 1.76. The van der Waals surface area contributed by atoms with Crippen molar-refractivity contribution in [3.05, 3.63) is 35.9 Å². The molecule has 1 aromatic rings. The SMILES string of the molecule is COc1ccc(/C=C/C(=O)N[C@@H](C)C(=O)OCC(=O)N[C@@](C)(C#N)C2CC2)cc1. The molecular weight excluding hydrogens is 374 g/mol. The summed E-state index contributed by atoms with van der Waals surface area (Å²) in [5, 5.41) is 14.3. The molecule has 8 heteroatoms. The third kappa shape index (κ3) is 6.64. The first-order valence-electron chi connectivity index (χ1n) is 9.29. The van der Waals surface area contributed by atoms with Crippen molar-refractivity contribution in [1.82, 2.24) is 10.6 Å². The van der Waals surface area contributed by atoms with Gasteiger partial charge in [-0.05, 0) is 56.4 Å². The van der Waals surface area contributed by atoms with Crippen LogP contribution in [0, 0.1) is 17.2 Å². The van der Waals surface area contributed by atoms with E-state index in [1.165, 1.54) is 13.0 Å². The van der Waals surface area contributed by atoms with E-state index in [1.807, 2.05) is 0 Å². The minimum absolute atomic E-state index is 0.128. The molecule has 1 aromatic carbocycles. The van der Waals surface area contributed by atoms with Gasteiger partial charge in [0.25, 0.3) is 5.91 Å². The topological polar surface area (TPSA) is 118 Å². The number of benzene rings is 1. The van der Waals surface area contributed by atoms with E-state index in [2.05, 4.69) is 16.7 Å². The summed E-state index contributed by atoms with van der Waals surface area (Å²) in [5.41, 5.74) is -0.153. The van der Waals surface area contributed by atoms with Gasteiger partial charge in [0, 0.05) is 6.08 Å². The maximum absolute atomic E-state index is 12.0. The molecule has 0 unspecified atom stereocenters. The molecule has 2 rings (SSSR count). The van der Waals surface area contributed by atoms with Gasteiger partial charge in [-0.3, -0.25) is 9.59 Å². The third-order valence-corrected chi connectivity index (χ3v) is 4.63. The summed E-state index contributed by atoms with van der Waals surface area (Å²) in [6.07, 6.45) is 4.67. The van der Waals surface area contributed by atoms with Crippen molar-refractivity contribution >= 4 is 23.9 Å². The van der Waals surface area contributed by atoms with E-state index in [4.69, 9.17) is 9.47 Å². The van der Waals surface area contributed by atoms with Gasteiger partial charge in [0.1, 0.15) is 17.3 Å². The van der Waals surface area contributed by atoms with Crippen LogP contribution in [-0.2, 0) is 19.1 Å². The van der Waals surface area contributed by atoms with E-state index in [0.717, 1.165) is 18.4 Å². The Kier molecular flexibility index (Phi) is 7.37. The normalized spacial score (nSPS) is 16.2. The zero-order valence-corrected chi connectivity index (χ0v) is 16.7. The predicted octanol–water partition coefficient (Wildman–Crippen LogP) is 1.56. The fraction of sp³-hybridized carbons (Fsp3) is 0.429. The summed E-state index contributed by atoms with van der Waals surface area (Å²) in [6.45, 7) is 2.61. The van der Waals surface area contributed by atoms with Crippen molar-refractivity contribution < 1.29 is 23.9 Å². The van der Waals surface area contributed by atoms with Gasteiger partial charge in [-0.15, -0.1) is 0 Å². The zero-order valence-electron chi connectivity index (χ0n) is 16.7. The highest BCUT2D eigenvalue weighted by molar-refractivity contribution is 5.94. The van der Waals surface area contributed by atoms with Crippen LogP contribution in [0.25, 0.3) is 6.08 Å². The number of methoxy groups -OCH3 is 1. The fourth-order valence-corrected chi connectivity index (χ4v) is 2.68. The lowest BCUT2D eigenvalue weighted by Crippen LogP contribution is -2.48. The molecule has 2 atom stereocenters. The maximum Gasteiger partial charge on any atom is 0.328 e. The molecule has 1 fully saturated rings. The molecule has 0 aliphatic heterocycles. The van der Waals surface area contributed by atoms with Crippen molar-refractivity contribution in [2.24, 2.45) is 5.92 Å². The number of nitriles is 1. The lowest BCUT2D eigenvalue weighted by molar-refractivity contribution is -0.151. The summed E-state index contributed by atoms with van der Waals surface area (Å²) in [5.74, 6) is -0.925. The number of nitrogens with one attached hydrogen (secondary N) is 2. The molecule has 29 heavy (non-hydrogen) atoms. The minimum Gasteiger partial charge on any atom is -0.497 e. The van der Waals surface area contributed by atoms with Crippen LogP contribution in [0.15, 0.2) is 30.3 Å². The second-order valence-electron chi connectivity index (χ2n) is 7.08. The smallest absolute Gasteiger partial charge is 0.328 e. The van der Waals surface area contributed by atoms with Crippen LogP contribution in [0.3, 0.4) is 0 Å². The Morgan fingerprint density at radius 2 is 1.97 bits per heavy atom. The largest absolute Gasteiger partial charge is 0.497 e. The number of hydrogen-bond donors (Lipinski definition) is 2. The molecular formula is C21H25N3O5. The van der Waals surface area contributed by atoms with Crippen LogP contribution in [0.1, 0.15) is 32.3 Å². The lowest BCUT2D eigenvalue weighted by atomic mass is 9.98. The highest BCUT2D eigenvalue weighted by Gasteiger charge is 2.43. The molecule has 0 saturated heterocycles. The Morgan fingerprint density at radius 1 is 1.31 bits per heavy atom. The van der Waals surface area contributed by atoms with Gasteiger partial charge in [0.05, 0.1) is 13.2 Å². The number of nitrogens with zero attached hydrogens (tertiary/aromatic N) is 1. The van der Waals surface area contributed by atoms with Gasteiger partial charge in [-0.25, -0.2) is 4.79 Å². The number of hydrogen-bond acceptors (Lipinski definition) is 6. The van der Waals surface area contributed by atoms with Crippen molar-refractivity contribution in [2.75, 3.05) is 13.7 Å². The van der Waals surface area contributed by atoms with Gasteiger partial charge >= 0.3 is 5.97 Å².